The van der Waals surface area contributed by atoms with Crippen molar-refractivity contribution in [2.75, 3.05) is 21.2 Å². The third-order valence-electron chi connectivity index (χ3n) is 3.22. The van der Waals surface area contributed by atoms with Crippen LogP contribution in [0.2, 0.25) is 0 Å². The number of esters is 1. The second-order valence-electron chi connectivity index (χ2n) is 4.86. The SMILES string of the molecule is COC(=O)CC(c1ccc2nc(C)[nH]c2c1)N(C)C. The van der Waals surface area contributed by atoms with Gasteiger partial charge in [0.05, 0.1) is 24.6 Å². The molecule has 5 heteroatoms. The molecule has 1 heterocycles. The molecule has 19 heavy (non-hydrogen) atoms. The van der Waals surface area contributed by atoms with Gasteiger partial charge in [0.1, 0.15) is 5.82 Å². The summed E-state index contributed by atoms with van der Waals surface area (Å²) in [6.45, 7) is 1.93. The lowest BCUT2D eigenvalue weighted by atomic mass is 10.0. The lowest BCUT2D eigenvalue weighted by Crippen LogP contribution is -2.23. The van der Waals surface area contributed by atoms with Gasteiger partial charge in [0.25, 0.3) is 0 Å². The quantitative estimate of drug-likeness (QED) is 0.856. The van der Waals surface area contributed by atoms with Crippen LogP contribution in [0.15, 0.2) is 18.2 Å². The maximum Gasteiger partial charge on any atom is 0.307 e. The summed E-state index contributed by atoms with van der Waals surface area (Å²) in [5, 5.41) is 0. The first-order valence-electron chi connectivity index (χ1n) is 6.20. The van der Waals surface area contributed by atoms with E-state index < -0.39 is 0 Å². The number of carbonyl (C=O) groups is 1. The molecule has 0 spiro atoms. The fourth-order valence-corrected chi connectivity index (χ4v) is 2.20. The minimum absolute atomic E-state index is 0.000422. The van der Waals surface area contributed by atoms with Crippen molar-refractivity contribution < 1.29 is 9.53 Å². The molecule has 0 aliphatic heterocycles. The van der Waals surface area contributed by atoms with Crippen molar-refractivity contribution >= 4 is 17.0 Å². The van der Waals surface area contributed by atoms with Gasteiger partial charge in [-0.2, -0.15) is 0 Å². The van der Waals surface area contributed by atoms with Crippen LogP contribution in [0.25, 0.3) is 11.0 Å². The lowest BCUT2D eigenvalue weighted by molar-refractivity contribution is -0.141. The van der Waals surface area contributed by atoms with Crippen molar-refractivity contribution in [3.05, 3.63) is 29.6 Å². The number of ether oxygens (including phenoxy) is 1. The first kappa shape index (κ1) is 13.5. The van der Waals surface area contributed by atoms with Crippen molar-refractivity contribution in [1.82, 2.24) is 14.9 Å². The third-order valence-corrected chi connectivity index (χ3v) is 3.22. The molecule has 0 saturated carbocycles. The number of aryl methyl sites for hydroxylation is 1. The minimum atomic E-state index is -0.209. The summed E-state index contributed by atoms with van der Waals surface area (Å²) in [7, 11) is 5.32. The molecule has 1 atom stereocenters. The van der Waals surface area contributed by atoms with Crippen molar-refractivity contribution in [3.8, 4) is 0 Å². The Kier molecular flexibility index (Phi) is 3.85. The first-order valence-corrected chi connectivity index (χ1v) is 6.20. The molecule has 1 aromatic carbocycles. The molecular formula is C14H19N3O2. The fourth-order valence-electron chi connectivity index (χ4n) is 2.20. The van der Waals surface area contributed by atoms with E-state index in [2.05, 4.69) is 9.97 Å². The monoisotopic (exact) mass is 261 g/mol. The minimum Gasteiger partial charge on any atom is -0.469 e. The number of hydrogen-bond donors (Lipinski definition) is 1. The van der Waals surface area contributed by atoms with E-state index in [1.165, 1.54) is 7.11 Å². The van der Waals surface area contributed by atoms with E-state index in [1.807, 2.05) is 44.1 Å². The number of benzene rings is 1. The average molecular weight is 261 g/mol. The Morgan fingerprint density at radius 3 is 2.84 bits per heavy atom. The summed E-state index contributed by atoms with van der Waals surface area (Å²) in [5.41, 5.74) is 3.01. The van der Waals surface area contributed by atoms with E-state index in [-0.39, 0.29) is 12.0 Å². The maximum absolute atomic E-state index is 11.5. The number of rotatable bonds is 4. The van der Waals surface area contributed by atoms with Gasteiger partial charge in [-0.05, 0) is 38.7 Å². The van der Waals surface area contributed by atoms with Gasteiger partial charge >= 0.3 is 5.97 Å². The number of methoxy groups -OCH3 is 1. The summed E-state index contributed by atoms with van der Waals surface area (Å²) >= 11 is 0. The van der Waals surface area contributed by atoms with Gasteiger partial charge in [-0.3, -0.25) is 4.79 Å². The second-order valence-corrected chi connectivity index (χ2v) is 4.86. The van der Waals surface area contributed by atoms with Gasteiger partial charge in [0, 0.05) is 6.04 Å². The molecule has 0 amide bonds. The standard InChI is InChI=1S/C14H19N3O2/c1-9-15-11-6-5-10(7-12(11)16-9)13(17(2)3)8-14(18)19-4/h5-7,13H,8H2,1-4H3,(H,15,16). The van der Waals surface area contributed by atoms with Crippen molar-refractivity contribution in [2.24, 2.45) is 0 Å². The van der Waals surface area contributed by atoms with E-state index in [4.69, 9.17) is 4.74 Å². The van der Waals surface area contributed by atoms with E-state index in [0.717, 1.165) is 22.4 Å². The Bertz CT molecular complexity index is 589. The molecule has 0 bridgehead atoms. The zero-order chi connectivity index (χ0) is 14.0. The Hall–Kier alpha value is -1.88. The number of nitrogens with one attached hydrogen (secondary N) is 1. The topological polar surface area (TPSA) is 58.2 Å². The number of fused-ring (bicyclic) bond motifs is 1. The van der Waals surface area contributed by atoms with E-state index in [9.17, 15) is 4.79 Å². The Morgan fingerprint density at radius 1 is 1.47 bits per heavy atom. The smallest absolute Gasteiger partial charge is 0.307 e. The van der Waals surface area contributed by atoms with Crippen LogP contribution >= 0.6 is 0 Å². The van der Waals surface area contributed by atoms with Gasteiger partial charge in [-0.1, -0.05) is 6.07 Å². The molecule has 0 radical (unpaired) electrons. The van der Waals surface area contributed by atoms with E-state index in [0.29, 0.717) is 6.42 Å². The zero-order valence-electron chi connectivity index (χ0n) is 11.7. The van der Waals surface area contributed by atoms with Crippen LogP contribution in [0.4, 0.5) is 0 Å². The second kappa shape index (κ2) is 5.40. The van der Waals surface area contributed by atoms with Crippen LogP contribution in [0, 0.1) is 6.92 Å². The van der Waals surface area contributed by atoms with Gasteiger partial charge in [-0.15, -0.1) is 0 Å². The van der Waals surface area contributed by atoms with Crippen molar-refractivity contribution in [1.29, 1.82) is 0 Å². The zero-order valence-corrected chi connectivity index (χ0v) is 11.7. The first-order chi connectivity index (χ1) is 9.01. The van der Waals surface area contributed by atoms with Gasteiger partial charge < -0.3 is 14.6 Å². The average Bonchev–Trinajstić information content (AvgIpc) is 2.74. The molecule has 0 aliphatic rings. The maximum atomic E-state index is 11.5. The van der Waals surface area contributed by atoms with E-state index in [1.54, 1.807) is 0 Å². The molecule has 2 rings (SSSR count). The highest BCUT2D eigenvalue weighted by atomic mass is 16.5. The van der Waals surface area contributed by atoms with Crippen LogP contribution in [0.3, 0.4) is 0 Å². The van der Waals surface area contributed by atoms with Crippen LogP contribution in [-0.2, 0) is 9.53 Å². The van der Waals surface area contributed by atoms with Crippen LogP contribution < -0.4 is 0 Å². The van der Waals surface area contributed by atoms with Gasteiger partial charge in [0.2, 0.25) is 0 Å². The Morgan fingerprint density at radius 2 is 2.21 bits per heavy atom. The Labute approximate surface area is 112 Å². The summed E-state index contributed by atoms with van der Waals surface area (Å²) in [6.07, 6.45) is 0.335. The highest BCUT2D eigenvalue weighted by molar-refractivity contribution is 5.76. The number of aromatic nitrogens is 2. The van der Waals surface area contributed by atoms with Gasteiger partial charge in [-0.25, -0.2) is 4.98 Å². The molecule has 0 saturated heterocycles. The predicted molar refractivity (Wildman–Crippen MR) is 73.9 cm³/mol. The van der Waals surface area contributed by atoms with Crippen molar-refractivity contribution in [3.63, 3.8) is 0 Å². The number of carbonyl (C=O) groups excluding carboxylic acids is 1. The summed E-state index contributed by atoms with van der Waals surface area (Å²) in [6, 6.07) is 6.03. The van der Waals surface area contributed by atoms with Crippen LogP contribution in [0.5, 0.6) is 0 Å². The van der Waals surface area contributed by atoms with Crippen molar-refractivity contribution in [2.45, 2.75) is 19.4 Å². The van der Waals surface area contributed by atoms with E-state index >= 15 is 0 Å². The third kappa shape index (κ3) is 2.93. The molecule has 102 valence electrons. The number of H-pyrrole nitrogens is 1. The molecule has 1 N–H and O–H groups in total. The largest absolute Gasteiger partial charge is 0.469 e. The van der Waals surface area contributed by atoms with Crippen LogP contribution in [0.1, 0.15) is 23.9 Å². The number of nitrogens with zero attached hydrogens (tertiary/aromatic N) is 2. The summed E-state index contributed by atoms with van der Waals surface area (Å²) < 4.78 is 4.76. The summed E-state index contributed by atoms with van der Waals surface area (Å²) in [5.74, 6) is 0.682. The molecule has 5 nitrogen and oxygen atoms in total. The van der Waals surface area contributed by atoms with Crippen LogP contribution in [-0.4, -0.2) is 42.0 Å². The molecule has 1 unspecified atom stereocenters. The molecule has 0 fully saturated rings. The number of hydrogen-bond acceptors (Lipinski definition) is 4. The fraction of sp³-hybridized carbons (Fsp3) is 0.429. The molecule has 2 aromatic rings. The molecule has 0 aliphatic carbocycles. The number of imidazole rings is 1. The number of aromatic amines is 1. The molecule has 1 aromatic heterocycles. The lowest BCUT2D eigenvalue weighted by Gasteiger charge is -2.23. The summed E-state index contributed by atoms with van der Waals surface area (Å²) in [4.78, 5) is 21.1. The highest BCUT2D eigenvalue weighted by Gasteiger charge is 2.19. The predicted octanol–water partition coefficient (Wildman–Crippen LogP) is 2.04. The normalized spacial score (nSPS) is 12.9. The molecular weight excluding hydrogens is 242 g/mol. The Balaban J connectivity index is 2.35. The highest BCUT2D eigenvalue weighted by Crippen LogP contribution is 2.25. The van der Waals surface area contributed by atoms with Gasteiger partial charge in [0.15, 0.2) is 0 Å².